The molecule has 1 unspecified atom stereocenters. The summed E-state index contributed by atoms with van der Waals surface area (Å²) in [5.74, 6) is -0.293. The van der Waals surface area contributed by atoms with Crippen LogP contribution in [0.15, 0.2) is 47.4 Å². The first kappa shape index (κ1) is 25.4. The van der Waals surface area contributed by atoms with E-state index in [1.807, 2.05) is 12.1 Å². The molecule has 1 aliphatic heterocycles. The van der Waals surface area contributed by atoms with Crippen LogP contribution >= 0.6 is 0 Å². The van der Waals surface area contributed by atoms with Crippen molar-refractivity contribution in [3.63, 3.8) is 0 Å². The lowest BCUT2D eigenvalue weighted by Crippen LogP contribution is -2.40. The molecule has 0 aromatic heterocycles. The highest BCUT2D eigenvalue weighted by Gasteiger charge is 2.24. The number of carbonyl (C=O) groups excluding carboxylic acids is 1. The lowest BCUT2D eigenvalue weighted by atomic mass is 10.1. The van der Waals surface area contributed by atoms with Crippen LogP contribution in [0.25, 0.3) is 0 Å². The van der Waals surface area contributed by atoms with E-state index < -0.39 is 10.0 Å². The normalized spacial score (nSPS) is 17.3. The summed E-state index contributed by atoms with van der Waals surface area (Å²) < 4.78 is 33.0. The van der Waals surface area contributed by atoms with E-state index >= 15 is 0 Å². The topological polar surface area (TPSA) is 79.0 Å². The molecule has 0 radical (unpaired) electrons. The van der Waals surface area contributed by atoms with Gasteiger partial charge in [0.1, 0.15) is 0 Å². The van der Waals surface area contributed by atoms with Crippen molar-refractivity contribution in [3.8, 4) is 0 Å². The first-order valence-electron chi connectivity index (χ1n) is 11.5. The second kappa shape index (κ2) is 11.2. The Labute approximate surface area is 197 Å². The van der Waals surface area contributed by atoms with E-state index in [9.17, 15) is 13.2 Å². The van der Waals surface area contributed by atoms with Gasteiger partial charge in [-0.15, -0.1) is 0 Å². The van der Waals surface area contributed by atoms with E-state index in [0.717, 1.165) is 31.8 Å². The highest BCUT2D eigenvalue weighted by Crippen LogP contribution is 2.21. The van der Waals surface area contributed by atoms with Gasteiger partial charge in [-0.1, -0.05) is 44.2 Å². The van der Waals surface area contributed by atoms with Crippen LogP contribution in [0.3, 0.4) is 0 Å². The van der Waals surface area contributed by atoms with Gasteiger partial charge in [0.2, 0.25) is 10.0 Å². The predicted molar refractivity (Wildman–Crippen MR) is 130 cm³/mol. The number of nitrogens with one attached hydrogen (secondary N) is 1. The molecular weight excluding hydrogens is 438 g/mol. The highest BCUT2D eigenvalue weighted by atomic mass is 32.2. The summed E-state index contributed by atoms with van der Waals surface area (Å²) in [7, 11) is -3.64. The minimum absolute atomic E-state index is 0.181. The molecule has 0 bridgehead atoms. The SMILES string of the molecule is CCN(CC)S(=O)(=O)c1cc(C(=O)NCc2cccc(CN3CCOC(C)C3)c2)ccc1C. The number of hydrogen-bond acceptors (Lipinski definition) is 5. The summed E-state index contributed by atoms with van der Waals surface area (Å²) in [5, 5.41) is 2.93. The van der Waals surface area contributed by atoms with Crippen LogP contribution in [0, 0.1) is 6.92 Å². The van der Waals surface area contributed by atoms with Crippen LogP contribution in [0.2, 0.25) is 0 Å². The maximum Gasteiger partial charge on any atom is 0.251 e. The van der Waals surface area contributed by atoms with Crippen LogP contribution in [0.1, 0.15) is 47.8 Å². The molecule has 1 saturated heterocycles. The summed E-state index contributed by atoms with van der Waals surface area (Å²) in [4.78, 5) is 15.4. The molecule has 1 atom stereocenters. The van der Waals surface area contributed by atoms with E-state index in [4.69, 9.17) is 4.74 Å². The molecule has 33 heavy (non-hydrogen) atoms. The van der Waals surface area contributed by atoms with Crippen LogP contribution in [0.4, 0.5) is 0 Å². The molecule has 8 heteroatoms. The zero-order valence-corrected chi connectivity index (χ0v) is 20.8. The van der Waals surface area contributed by atoms with Gasteiger partial charge in [0.25, 0.3) is 5.91 Å². The van der Waals surface area contributed by atoms with E-state index in [0.29, 0.717) is 30.8 Å². The van der Waals surface area contributed by atoms with Gasteiger partial charge in [0, 0.05) is 44.8 Å². The Hall–Kier alpha value is -2.26. The summed E-state index contributed by atoms with van der Waals surface area (Å²) >= 11 is 0. The smallest absolute Gasteiger partial charge is 0.251 e. The molecule has 1 aliphatic rings. The molecule has 1 N–H and O–H groups in total. The Morgan fingerprint density at radius 3 is 2.58 bits per heavy atom. The molecule has 3 rings (SSSR count). The lowest BCUT2D eigenvalue weighted by Gasteiger charge is -2.31. The van der Waals surface area contributed by atoms with E-state index in [-0.39, 0.29) is 16.9 Å². The Balaban J connectivity index is 1.68. The molecule has 1 heterocycles. The summed E-state index contributed by atoms with van der Waals surface area (Å²) in [6.07, 6.45) is 0.242. The van der Waals surface area contributed by atoms with Gasteiger partial charge in [0.05, 0.1) is 17.6 Å². The van der Waals surface area contributed by atoms with E-state index in [1.54, 1.807) is 32.9 Å². The molecule has 2 aromatic carbocycles. The first-order valence-corrected chi connectivity index (χ1v) is 13.0. The van der Waals surface area contributed by atoms with Gasteiger partial charge in [-0.05, 0) is 42.7 Å². The van der Waals surface area contributed by atoms with Gasteiger partial charge in [-0.2, -0.15) is 4.31 Å². The number of morpholine rings is 1. The van der Waals surface area contributed by atoms with Crippen molar-refractivity contribution in [2.45, 2.75) is 51.8 Å². The highest BCUT2D eigenvalue weighted by molar-refractivity contribution is 7.89. The Kier molecular flexibility index (Phi) is 8.64. The largest absolute Gasteiger partial charge is 0.376 e. The Morgan fingerprint density at radius 2 is 1.88 bits per heavy atom. The lowest BCUT2D eigenvalue weighted by molar-refractivity contribution is -0.0212. The quantitative estimate of drug-likeness (QED) is 0.605. The number of benzene rings is 2. The maximum absolute atomic E-state index is 13.0. The number of nitrogens with zero attached hydrogens (tertiary/aromatic N) is 2. The molecule has 0 saturated carbocycles. The average molecular weight is 474 g/mol. The van der Waals surface area contributed by atoms with Gasteiger partial charge in [0.15, 0.2) is 0 Å². The van der Waals surface area contributed by atoms with Gasteiger partial charge in [-0.25, -0.2) is 8.42 Å². The number of sulfonamides is 1. The average Bonchev–Trinajstić information content (AvgIpc) is 2.78. The van der Waals surface area contributed by atoms with Crippen molar-refractivity contribution in [3.05, 3.63) is 64.7 Å². The molecular formula is C25H35N3O4S. The third-order valence-corrected chi connectivity index (χ3v) is 8.14. The van der Waals surface area contributed by atoms with Crippen molar-refractivity contribution in [1.82, 2.24) is 14.5 Å². The van der Waals surface area contributed by atoms with Crippen molar-refractivity contribution < 1.29 is 17.9 Å². The van der Waals surface area contributed by atoms with Crippen LogP contribution in [-0.2, 0) is 27.8 Å². The standard InChI is InChI=1S/C25H35N3O4S/c1-5-28(6-2)33(30,31)24-15-23(11-10-19(24)3)25(29)26-16-21-8-7-9-22(14-21)18-27-12-13-32-20(4)17-27/h7-11,14-15,20H,5-6,12-13,16-18H2,1-4H3,(H,26,29). The molecule has 180 valence electrons. The number of rotatable bonds is 9. The number of amides is 1. The van der Waals surface area contributed by atoms with Crippen LogP contribution < -0.4 is 5.32 Å². The molecule has 2 aromatic rings. The van der Waals surface area contributed by atoms with E-state index in [2.05, 4.69) is 29.3 Å². The third-order valence-electron chi connectivity index (χ3n) is 5.95. The Bertz CT molecular complexity index is 1070. The number of aryl methyl sites for hydroxylation is 1. The van der Waals surface area contributed by atoms with Gasteiger partial charge < -0.3 is 10.1 Å². The monoisotopic (exact) mass is 473 g/mol. The molecule has 0 aliphatic carbocycles. The maximum atomic E-state index is 13.0. The van der Waals surface area contributed by atoms with Gasteiger partial charge >= 0.3 is 0 Å². The van der Waals surface area contributed by atoms with Gasteiger partial charge in [-0.3, -0.25) is 9.69 Å². The molecule has 1 fully saturated rings. The van der Waals surface area contributed by atoms with E-state index in [1.165, 1.54) is 15.9 Å². The second-order valence-electron chi connectivity index (χ2n) is 8.49. The van der Waals surface area contributed by atoms with Crippen molar-refractivity contribution in [2.24, 2.45) is 0 Å². The molecule has 0 spiro atoms. The summed E-state index contributed by atoms with van der Waals surface area (Å²) in [6.45, 7) is 12.0. The third kappa shape index (κ3) is 6.41. The number of hydrogen-bond donors (Lipinski definition) is 1. The number of ether oxygens (including phenoxy) is 1. The zero-order chi connectivity index (χ0) is 24.0. The van der Waals surface area contributed by atoms with Crippen molar-refractivity contribution >= 4 is 15.9 Å². The van der Waals surface area contributed by atoms with Crippen LogP contribution in [-0.4, -0.2) is 62.4 Å². The second-order valence-corrected chi connectivity index (χ2v) is 10.4. The minimum Gasteiger partial charge on any atom is -0.376 e. The fourth-order valence-electron chi connectivity index (χ4n) is 4.14. The number of carbonyl (C=O) groups is 1. The minimum atomic E-state index is -3.64. The fourth-order valence-corrected chi connectivity index (χ4v) is 5.85. The van der Waals surface area contributed by atoms with Crippen molar-refractivity contribution in [2.75, 3.05) is 32.8 Å². The first-order chi connectivity index (χ1) is 15.7. The Morgan fingerprint density at radius 1 is 1.15 bits per heavy atom. The fraction of sp³-hybridized carbons (Fsp3) is 0.480. The predicted octanol–water partition coefficient (Wildman–Crippen LogP) is 3.18. The summed E-state index contributed by atoms with van der Waals surface area (Å²) in [6, 6.07) is 13.0. The molecule has 7 nitrogen and oxygen atoms in total. The summed E-state index contributed by atoms with van der Waals surface area (Å²) in [5.41, 5.74) is 3.16. The molecule has 1 amide bonds. The van der Waals surface area contributed by atoms with Crippen LogP contribution in [0.5, 0.6) is 0 Å². The van der Waals surface area contributed by atoms with Crippen molar-refractivity contribution in [1.29, 1.82) is 0 Å². The zero-order valence-electron chi connectivity index (χ0n) is 20.0.